The van der Waals surface area contributed by atoms with Crippen molar-refractivity contribution in [3.63, 3.8) is 0 Å². The highest BCUT2D eigenvalue weighted by molar-refractivity contribution is 5.48. The van der Waals surface area contributed by atoms with Gasteiger partial charge in [0.1, 0.15) is 5.75 Å². The van der Waals surface area contributed by atoms with Gasteiger partial charge in [-0.2, -0.15) is 0 Å². The van der Waals surface area contributed by atoms with E-state index in [0.29, 0.717) is 6.61 Å². The fraction of sp³-hybridized carbons (Fsp3) is 0.600. The molecule has 0 spiro atoms. The van der Waals surface area contributed by atoms with Gasteiger partial charge in [-0.3, -0.25) is 0 Å². The molecule has 0 amide bonds. The van der Waals surface area contributed by atoms with Crippen LogP contribution in [0.3, 0.4) is 0 Å². The number of rotatable bonds is 4. The summed E-state index contributed by atoms with van der Waals surface area (Å²) in [5.41, 5.74) is 5.40. The van der Waals surface area contributed by atoms with Crippen LogP contribution in [0.2, 0.25) is 0 Å². The summed E-state index contributed by atoms with van der Waals surface area (Å²) in [4.78, 5) is 0. The van der Waals surface area contributed by atoms with Gasteiger partial charge >= 0.3 is 0 Å². The van der Waals surface area contributed by atoms with Crippen molar-refractivity contribution in [1.82, 2.24) is 0 Å². The van der Waals surface area contributed by atoms with Gasteiger partial charge in [0.2, 0.25) is 0 Å². The van der Waals surface area contributed by atoms with E-state index in [9.17, 15) is 5.11 Å². The number of hydrogen-bond donors (Lipinski definition) is 1. The number of aryl methyl sites for hydroxylation is 1. The molecule has 0 aromatic heterocycles. The van der Waals surface area contributed by atoms with Crippen molar-refractivity contribution in [3.05, 3.63) is 28.3 Å². The zero-order valence-corrected chi connectivity index (χ0v) is 11.3. The largest absolute Gasteiger partial charge is 0.496 e. The molecule has 0 radical (unpaired) electrons. The van der Waals surface area contributed by atoms with Crippen LogP contribution in [0.5, 0.6) is 5.75 Å². The van der Waals surface area contributed by atoms with Gasteiger partial charge in [0.15, 0.2) is 0 Å². The zero-order chi connectivity index (χ0) is 12.6. The first kappa shape index (κ1) is 12.4. The van der Waals surface area contributed by atoms with E-state index >= 15 is 0 Å². The smallest absolute Gasteiger partial charge is 0.122 e. The van der Waals surface area contributed by atoms with Crippen LogP contribution >= 0.6 is 0 Å². The van der Waals surface area contributed by atoms with Crippen LogP contribution in [0, 0.1) is 26.2 Å². The van der Waals surface area contributed by atoms with Crippen LogP contribution in [0.25, 0.3) is 0 Å². The summed E-state index contributed by atoms with van der Waals surface area (Å²) in [6.45, 7) is 6.72. The topological polar surface area (TPSA) is 29.5 Å². The van der Waals surface area contributed by atoms with Crippen molar-refractivity contribution in [2.24, 2.45) is 5.41 Å². The average Bonchev–Trinajstić information content (AvgIpc) is 3.10. The molecule has 0 aliphatic heterocycles. The van der Waals surface area contributed by atoms with E-state index in [1.807, 2.05) is 0 Å². The molecule has 0 bridgehead atoms. The maximum absolute atomic E-state index is 9.45. The second-order valence-electron chi connectivity index (χ2n) is 5.46. The lowest BCUT2D eigenvalue weighted by Crippen LogP contribution is -2.13. The molecule has 1 saturated carbocycles. The van der Waals surface area contributed by atoms with Crippen molar-refractivity contribution < 1.29 is 9.84 Å². The molecule has 0 atom stereocenters. The summed E-state index contributed by atoms with van der Waals surface area (Å²) in [5, 5.41) is 9.45. The predicted molar refractivity (Wildman–Crippen MR) is 69.7 cm³/mol. The second kappa shape index (κ2) is 4.34. The highest BCUT2D eigenvalue weighted by Gasteiger charge is 2.42. The van der Waals surface area contributed by atoms with Gasteiger partial charge in [0, 0.05) is 6.61 Å². The van der Waals surface area contributed by atoms with Crippen LogP contribution in [0.15, 0.2) is 6.07 Å². The van der Waals surface area contributed by atoms with Gasteiger partial charge in [-0.1, -0.05) is 0 Å². The quantitative estimate of drug-likeness (QED) is 0.868. The Balaban J connectivity index is 2.37. The van der Waals surface area contributed by atoms with Crippen LogP contribution in [0.1, 0.15) is 35.1 Å². The molecule has 1 aliphatic rings. The third kappa shape index (κ3) is 2.19. The minimum absolute atomic E-state index is 0.177. The third-order valence-electron chi connectivity index (χ3n) is 4.27. The lowest BCUT2D eigenvalue weighted by Gasteiger charge is -2.19. The summed E-state index contributed by atoms with van der Waals surface area (Å²) in [7, 11) is 1.72. The van der Waals surface area contributed by atoms with Gasteiger partial charge in [-0.05, 0) is 73.8 Å². The SMILES string of the molecule is COc1cc(C)c(CC2(CO)CC2)c(C)c1C. The Morgan fingerprint density at radius 1 is 1.24 bits per heavy atom. The molecule has 2 rings (SSSR count). The third-order valence-corrected chi connectivity index (χ3v) is 4.27. The Kier molecular flexibility index (Phi) is 3.17. The van der Waals surface area contributed by atoms with Gasteiger partial charge in [0.05, 0.1) is 7.11 Å². The molecule has 0 saturated heterocycles. The van der Waals surface area contributed by atoms with E-state index in [1.54, 1.807) is 7.11 Å². The monoisotopic (exact) mass is 234 g/mol. The highest BCUT2D eigenvalue weighted by Crippen LogP contribution is 2.49. The van der Waals surface area contributed by atoms with Crippen LogP contribution in [-0.2, 0) is 6.42 Å². The van der Waals surface area contributed by atoms with Crippen molar-refractivity contribution in [2.75, 3.05) is 13.7 Å². The maximum atomic E-state index is 9.45. The number of aliphatic hydroxyl groups excluding tert-OH is 1. The van der Waals surface area contributed by atoms with Crippen molar-refractivity contribution in [3.8, 4) is 5.75 Å². The molecule has 2 nitrogen and oxygen atoms in total. The molecule has 17 heavy (non-hydrogen) atoms. The summed E-state index contributed by atoms with van der Waals surface area (Å²) < 4.78 is 5.38. The molecule has 1 aromatic carbocycles. The fourth-order valence-corrected chi connectivity index (χ4v) is 2.53. The molecular formula is C15H22O2. The Bertz CT molecular complexity index is 431. The first-order chi connectivity index (χ1) is 8.03. The molecule has 1 N–H and O–H groups in total. The Morgan fingerprint density at radius 2 is 1.88 bits per heavy atom. The summed E-state index contributed by atoms with van der Waals surface area (Å²) in [6, 6.07) is 2.12. The first-order valence-corrected chi connectivity index (χ1v) is 6.27. The molecule has 1 aliphatic carbocycles. The minimum atomic E-state index is 0.177. The number of hydrogen-bond acceptors (Lipinski definition) is 2. The summed E-state index contributed by atoms with van der Waals surface area (Å²) in [6.07, 6.45) is 3.33. The van der Waals surface area contributed by atoms with E-state index in [0.717, 1.165) is 25.0 Å². The van der Waals surface area contributed by atoms with E-state index < -0.39 is 0 Å². The standard InChI is InChI=1S/C15H22O2/c1-10-7-14(17-4)12(3)11(2)13(10)8-15(9-16)5-6-15/h7,16H,5-6,8-9H2,1-4H3. The van der Waals surface area contributed by atoms with Crippen LogP contribution < -0.4 is 4.74 Å². The number of benzene rings is 1. The molecular weight excluding hydrogens is 212 g/mol. The van der Waals surface area contributed by atoms with Crippen molar-refractivity contribution >= 4 is 0 Å². The molecule has 1 fully saturated rings. The molecule has 1 aromatic rings. The van der Waals surface area contributed by atoms with Crippen molar-refractivity contribution in [1.29, 1.82) is 0 Å². The predicted octanol–water partition coefficient (Wildman–Crippen LogP) is 2.94. The number of methoxy groups -OCH3 is 1. The average molecular weight is 234 g/mol. The van der Waals surface area contributed by atoms with Crippen LogP contribution in [0.4, 0.5) is 0 Å². The lowest BCUT2D eigenvalue weighted by atomic mass is 9.88. The fourth-order valence-electron chi connectivity index (χ4n) is 2.53. The minimum Gasteiger partial charge on any atom is -0.496 e. The highest BCUT2D eigenvalue weighted by atomic mass is 16.5. The van der Waals surface area contributed by atoms with Gasteiger partial charge in [0.25, 0.3) is 0 Å². The van der Waals surface area contributed by atoms with Crippen LogP contribution in [-0.4, -0.2) is 18.8 Å². The molecule has 2 heteroatoms. The maximum Gasteiger partial charge on any atom is 0.122 e. The van der Waals surface area contributed by atoms with Gasteiger partial charge in [-0.15, -0.1) is 0 Å². The van der Waals surface area contributed by atoms with Crippen molar-refractivity contribution in [2.45, 2.75) is 40.0 Å². The van der Waals surface area contributed by atoms with Gasteiger partial charge < -0.3 is 9.84 Å². The summed E-state index contributed by atoms with van der Waals surface area (Å²) in [5.74, 6) is 0.970. The van der Waals surface area contributed by atoms with Gasteiger partial charge in [-0.25, -0.2) is 0 Å². The Labute approximate surface area is 104 Å². The van der Waals surface area contributed by atoms with E-state index in [4.69, 9.17) is 4.74 Å². The van der Waals surface area contributed by atoms with E-state index in [1.165, 1.54) is 22.3 Å². The molecule has 0 unspecified atom stereocenters. The number of aliphatic hydroxyl groups is 1. The molecule has 0 heterocycles. The first-order valence-electron chi connectivity index (χ1n) is 6.27. The zero-order valence-electron chi connectivity index (χ0n) is 11.3. The normalized spacial score (nSPS) is 17.0. The molecule has 94 valence electrons. The lowest BCUT2D eigenvalue weighted by molar-refractivity contribution is 0.211. The van der Waals surface area contributed by atoms with E-state index in [-0.39, 0.29) is 5.41 Å². The Hall–Kier alpha value is -1.02. The Morgan fingerprint density at radius 3 is 2.35 bits per heavy atom. The second-order valence-corrected chi connectivity index (χ2v) is 5.46. The number of ether oxygens (including phenoxy) is 1. The van der Waals surface area contributed by atoms with E-state index in [2.05, 4.69) is 26.8 Å². The summed E-state index contributed by atoms with van der Waals surface area (Å²) >= 11 is 0.